The van der Waals surface area contributed by atoms with Gasteiger partial charge in [0, 0.05) is 19.6 Å². The van der Waals surface area contributed by atoms with E-state index in [1.807, 2.05) is 17.0 Å². The molecule has 0 radical (unpaired) electrons. The van der Waals surface area contributed by atoms with E-state index in [-0.39, 0.29) is 5.91 Å². The maximum absolute atomic E-state index is 11.9. The number of aryl methyl sites for hydroxylation is 1. The van der Waals surface area contributed by atoms with Gasteiger partial charge in [-0.25, -0.2) is 0 Å². The lowest BCUT2D eigenvalue weighted by Crippen LogP contribution is -2.41. The number of rotatable bonds is 4. The highest BCUT2D eigenvalue weighted by molar-refractivity contribution is 5.78. The van der Waals surface area contributed by atoms with Crippen LogP contribution in [0.5, 0.6) is 0 Å². The molecule has 1 amide bonds. The summed E-state index contributed by atoms with van der Waals surface area (Å²) >= 11 is 0. The van der Waals surface area contributed by atoms with Crippen LogP contribution in [0.3, 0.4) is 0 Å². The number of hydrogen-bond acceptors (Lipinski definition) is 2. The highest BCUT2D eigenvalue weighted by Gasteiger charge is 2.15. The molecule has 3 nitrogen and oxygen atoms in total. The second kappa shape index (κ2) is 6.55. The number of piperidine rings is 1. The van der Waals surface area contributed by atoms with Crippen LogP contribution in [0.15, 0.2) is 24.3 Å². The van der Waals surface area contributed by atoms with Crippen LogP contribution in [-0.4, -0.2) is 30.4 Å². The van der Waals surface area contributed by atoms with Gasteiger partial charge in [-0.3, -0.25) is 4.79 Å². The first-order valence-corrected chi connectivity index (χ1v) is 6.80. The van der Waals surface area contributed by atoms with Crippen molar-refractivity contribution in [3.8, 4) is 0 Å². The number of hydrogen-bond donors (Lipinski definition) is 1. The Kier molecular flexibility index (Phi) is 4.76. The molecule has 0 saturated carbocycles. The highest BCUT2D eigenvalue weighted by Crippen LogP contribution is 2.09. The summed E-state index contributed by atoms with van der Waals surface area (Å²) in [5, 5.41) is 3.25. The lowest BCUT2D eigenvalue weighted by atomic mass is 10.1. The molecule has 1 N–H and O–H groups in total. The van der Waals surface area contributed by atoms with Crippen molar-refractivity contribution in [1.29, 1.82) is 0 Å². The Labute approximate surface area is 109 Å². The van der Waals surface area contributed by atoms with Crippen molar-refractivity contribution in [2.45, 2.75) is 32.7 Å². The Morgan fingerprint density at radius 2 is 1.94 bits per heavy atom. The van der Waals surface area contributed by atoms with Gasteiger partial charge in [-0.2, -0.15) is 0 Å². The van der Waals surface area contributed by atoms with Gasteiger partial charge in [0.05, 0.1) is 6.54 Å². The van der Waals surface area contributed by atoms with E-state index in [1.165, 1.54) is 17.5 Å². The summed E-state index contributed by atoms with van der Waals surface area (Å²) in [4.78, 5) is 13.9. The number of carbonyl (C=O) groups is 1. The molecule has 0 unspecified atom stereocenters. The number of amides is 1. The quantitative estimate of drug-likeness (QED) is 0.882. The first-order valence-electron chi connectivity index (χ1n) is 6.80. The molecule has 1 aromatic carbocycles. The number of nitrogens with zero attached hydrogens (tertiary/aromatic N) is 1. The van der Waals surface area contributed by atoms with Crippen LogP contribution >= 0.6 is 0 Å². The molecule has 1 fully saturated rings. The van der Waals surface area contributed by atoms with Crippen LogP contribution in [0, 0.1) is 6.92 Å². The summed E-state index contributed by atoms with van der Waals surface area (Å²) in [7, 11) is 0. The number of benzene rings is 1. The minimum atomic E-state index is 0.239. The van der Waals surface area contributed by atoms with Gasteiger partial charge in [0.15, 0.2) is 0 Å². The molecule has 0 aliphatic carbocycles. The van der Waals surface area contributed by atoms with E-state index in [2.05, 4.69) is 24.4 Å². The van der Waals surface area contributed by atoms with Crippen LogP contribution in [-0.2, 0) is 11.3 Å². The Balaban J connectivity index is 1.75. The minimum Gasteiger partial charge on any atom is -0.342 e. The van der Waals surface area contributed by atoms with Crippen molar-refractivity contribution in [2.75, 3.05) is 19.6 Å². The Hall–Kier alpha value is -1.35. The number of likely N-dealkylation sites (tertiary alicyclic amines) is 1. The third-order valence-corrected chi connectivity index (χ3v) is 3.56. The highest BCUT2D eigenvalue weighted by atomic mass is 16.2. The average Bonchev–Trinajstić information content (AvgIpc) is 2.42. The molecule has 0 aromatic heterocycles. The fourth-order valence-electron chi connectivity index (χ4n) is 2.37. The molecule has 0 bridgehead atoms. The van der Waals surface area contributed by atoms with Gasteiger partial charge in [-0.15, -0.1) is 0 Å². The SMILES string of the molecule is Cc1ccccc1CNCC(=O)N1CCCCC1. The van der Waals surface area contributed by atoms with E-state index in [0.717, 1.165) is 32.5 Å². The first kappa shape index (κ1) is 13.1. The van der Waals surface area contributed by atoms with Crippen molar-refractivity contribution in [3.05, 3.63) is 35.4 Å². The Morgan fingerprint density at radius 1 is 1.22 bits per heavy atom. The van der Waals surface area contributed by atoms with Crippen molar-refractivity contribution in [1.82, 2.24) is 10.2 Å². The zero-order valence-electron chi connectivity index (χ0n) is 11.1. The molecule has 0 atom stereocenters. The molecule has 1 heterocycles. The van der Waals surface area contributed by atoms with Gasteiger partial charge < -0.3 is 10.2 Å². The lowest BCUT2D eigenvalue weighted by Gasteiger charge is -2.26. The molecule has 18 heavy (non-hydrogen) atoms. The van der Waals surface area contributed by atoms with Gasteiger partial charge in [0.25, 0.3) is 0 Å². The smallest absolute Gasteiger partial charge is 0.236 e. The second-order valence-corrected chi connectivity index (χ2v) is 4.97. The van der Waals surface area contributed by atoms with Gasteiger partial charge in [-0.05, 0) is 37.3 Å². The predicted molar refractivity (Wildman–Crippen MR) is 73.3 cm³/mol. The molecule has 1 saturated heterocycles. The average molecular weight is 246 g/mol. The Morgan fingerprint density at radius 3 is 2.67 bits per heavy atom. The van der Waals surface area contributed by atoms with E-state index >= 15 is 0 Å². The van der Waals surface area contributed by atoms with Gasteiger partial charge in [0.2, 0.25) is 5.91 Å². The van der Waals surface area contributed by atoms with Crippen molar-refractivity contribution < 1.29 is 4.79 Å². The van der Waals surface area contributed by atoms with Crippen LogP contribution < -0.4 is 5.32 Å². The maximum atomic E-state index is 11.9. The molecule has 1 aromatic rings. The van der Waals surface area contributed by atoms with Crippen molar-refractivity contribution in [2.24, 2.45) is 0 Å². The molecule has 3 heteroatoms. The molecule has 98 valence electrons. The van der Waals surface area contributed by atoms with E-state index in [4.69, 9.17) is 0 Å². The number of nitrogens with one attached hydrogen (secondary N) is 1. The van der Waals surface area contributed by atoms with E-state index in [1.54, 1.807) is 0 Å². The van der Waals surface area contributed by atoms with Gasteiger partial charge in [-0.1, -0.05) is 24.3 Å². The minimum absolute atomic E-state index is 0.239. The topological polar surface area (TPSA) is 32.3 Å². The van der Waals surface area contributed by atoms with Crippen molar-refractivity contribution in [3.63, 3.8) is 0 Å². The van der Waals surface area contributed by atoms with E-state index in [0.29, 0.717) is 6.54 Å². The van der Waals surface area contributed by atoms with Gasteiger partial charge >= 0.3 is 0 Å². The summed E-state index contributed by atoms with van der Waals surface area (Å²) in [5.41, 5.74) is 2.54. The summed E-state index contributed by atoms with van der Waals surface area (Å²) in [5.74, 6) is 0.239. The number of carbonyl (C=O) groups excluding carboxylic acids is 1. The van der Waals surface area contributed by atoms with Crippen LogP contribution in [0.25, 0.3) is 0 Å². The zero-order chi connectivity index (χ0) is 12.8. The zero-order valence-corrected chi connectivity index (χ0v) is 11.1. The molecular weight excluding hydrogens is 224 g/mol. The standard InChI is InChI=1S/C15H22N2O/c1-13-7-3-4-8-14(13)11-16-12-15(18)17-9-5-2-6-10-17/h3-4,7-8,16H,2,5-6,9-12H2,1H3. The fraction of sp³-hybridized carbons (Fsp3) is 0.533. The molecule has 1 aliphatic heterocycles. The molecule has 1 aliphatic rings. The summed E-state index contributed by atoms with van der Waals surface area (Å²) in [6, 6.07) is 8.28. The summed E-state index contributed by atoms with van der Waals surface area (Å²) in [6.07, 6.45) is 3.58. The van der Waals surface area contributed by atoms with Gasteiger partial charge in [0.1, 0.15) is 0 Å². The summed E-state index contributed by atoms with van der Waals surface area (Å²) < 4.78 is 0. The molecule has 0 spiro atoms. The predicted octanol–water partition coefficient (Wildman–Crippen LogP) is 2.10. The third-order valence-electron chi connectivity index (χ3n) is 3.56. The summed E-state index contributed by atoms with van der Waals surface area (Å²) in [6.45, 7) is 5.19. The van der Waals surface area contributed by atoms with Crippen LogP contribution in [0.1, 0.15) is 30.4 Å². The maximum Gasteiger partial charge on any atom is 0.236 e. The van der Waals surface area contributed by atoms with Crippen molar-refractivity contribution >= 4 is 5.91 Å². The monoisotopic (exact) mass is 246 g/mol. The van der Waals surface area contributed by atoms with E-state index < -0.39 is 0 Å². The molecule has 2 rings (SSSR count). The first-order chi connectivity index (χ1) is 8.77. The largest absolute Gasteiger partial charge is 0.342 e. The van der Waals surface area contributed by atoms with E-state index in [9.17, 15) is 4.79 Å². The van der Waals surface area contributed by atoms with Crippen LogP contribution in [0.2, 0.25) is 0 Å². The second-order valence-electron chi connectivity index (χ2n) is 4.97. The lowest BCUT2D eigenvalue weighted by molar-refractivity contribution is -0.131. The normalized spacial score (nSPS) is 15.7. The fourth-order valence-corrected chi connectivity index (χ4v) is 2.37. The molecular formula is C15H22N2O. The third kappa shape index (κ3) is 3.57. The van der Waals surface area contributed by atoms with Crippen LogP contribution in [0.4, 0.5) is 0 Å². The Bertz CT molecular complexity index is 397.